The summed E-state index contributed by atoms with van der Waals surface area (Å²) < 4.78 is 0. The summed E-state index contributed by atoms with van der Waals surface area (Å²) in [6.07, 6.45) is 7.01. The number of hydrogen-bond acceptors (Lipinski definition) is 1. The second kappa shape index (κ2) is 6.70. The van der Waals surface area contributed by atoms with Crippen LogP contribution < -0.4 is 5.32 Å². The molecule has 0 heterocycles. The Morgan fingerprint density at radius 2 is 1.50 bits per heavy atom. The zero-order valence-corrected chi connectivity index (χ0v) is 18.9. The minimum absolute atomic E-state index is 0.128. The lowest BCUT2D eigenvalue weighted by Crippen LogP contribution is -2.57. The van der Waals surface area contributed by atoms with E-state index in [2.05, 4.69) is 81.5 Å². The van der Waals surface area contributed by atoms with Gasteiger partial charge in [0.25, 0.3) is 0 Å². The van der Waals surface area contributed by atoms with E-state index in [4.69, 9.17) is 0 Å². The number of hydrogen-bond donors (Lipinski definition) is 1. The molecule has 4 fully saturated rings. The fraction of sp³-hybridized carbons (Fsp3) is 0.536. The van der Waals surface area contributed by atoms with Crippen molar-refractivity contribution in [3.05, 3.63) is 65.2 Å². The lowest BCUT2D eigenvalue weighted by Gasteiger charge is -2.61. The van der Waals surface area contributed by atoms with Crippen molar-refractivity contribution in [2.45, 2.75) is 77.0 Å². The maximum Gasteiger partial charge on any atom is 0.230 e. The minimum Gasteiger partial charge on any atom is -0.326 e. The van der Waals surface area contributed by atoms with Gasteiger partial charge in [0, 0.05) is 5.69 Å². The van der Waals surface area contributed by atoms with E-state index in [1.807, 2.05) is 0 Å². The average Bonchev–Trinajstić information content (AvgIpc) is 2.67. The highest BCUT2D eigenvalue weighted by Crippen LogP contribution is 2.66. The first-order chi connectivity index (χ1) is 14.2. The summed E-state index contributed by atoms with van der Waals surface area (Å²) in [6.45, 7) is 8.82. The summed E-state index contributed by atoms with van der Waals surface area (Å²) >= 11 is 0. The summed E-state index contributed by atoms with van der Waals surface area (Å²) in [7, 11) is 0. The Kier molecular flexibility index (Phi) is 4.44. The van der Waals surface area contributed by atoms with Crippen molar-refractivity contribution in [2.75, 3.05) is 5.32 Å². The molecule has 0 aromatic heterocycles. The number of carbonyl (C=O) groups is 1. The van der Waals surface area contributed by atoms with E-state index in [9.17, 15) is 4.79 Å². The van der Waals surface area contributed by atoms with Crippen LogP contribution in [0.4, 0.5) is 5.69 Å². The van der Waals surface area contributed by atoms with E-state index in [-0.39, 0.29) is 22.2 Å². The summed E-state index contributed by atoms with van der Waals surface area (Å²) in [4.78, 5) is 13.7. The Morgan fingerprint density at radius 1 is 0.900 bits per heavy atom. The maximum atomic E-state index is 13.7. The van der Waals surface area contributed by atoms with E-state index in [0.717, 1.165) is 24.9 Å². The van der Waals surface area contributed by atoms with Crippen LogP contribution in [0, 0.1) is 24.2 Å². The van der Waals surface area contributed by atoms with Crippen molar-refractivity contribution in [1.29, 1.82) is 0 Å². The van der Waals surface area contributed by atoms with Gasteiger partial charge in [0.2, 0.25) is 5.91 Å². The lowest BCUT2D eigenvalue weighted by atomic mass is 9.42. The molecule has 158 valence electrons. The lowest BCUT2D eigenvalue weighted by molar-refractivity contribution is -0.143. The van der Waals surface area contributed by atoms with E-state index in [1.54, 1.807) is 0 Å². The molecule has 2 aromatic carbocycles. The molecule has 2 atom stereocenters. The second-order valence-electron chi connectivity index (χ2n) is 11.7. The number of carbonyl (C=O) groups excluding carboxylic acids is 1. The Balaban J connectivity index is 1.41. The molecule has 0 radical (unpaired) electrons. The van der Waals surface area contributed by atoms with Gasteiger partial charge in [0.05, 0.1) is 5.41 Å². The van der Waals surface area contributed by atoms with Crippen LogP contribution in [0.2, 0.25) is 0 Å². The van der Waals surface area contributed by atoms with Crippen molar-refractivity contribution >= 4 is 11.6 Å². The predicted octanol–water partition coefficient (Wildman–Crippen LogP) is 6.77. The SMILES string of the molecule is Cc1ccc(C23CC4CC(CC(C(=O)Nc5ccc(C(C)(C)C)cc5)(C4)C2)C3)cc1. The highest BCUT2D eigenvalue weighted by Gasteiger charge is 2.60. The van der Waals surface area contributed by atoms with E-state index in [1.165, 1.54) is 36.0 Å². The molecule has 1 N–H and O–H groups in total. The van der Waals surface area contributed by atoms with Gasteiger partial charge >= 0.3 is 0 Å². The van der Waals surface area contributed by atoms with E-state index in [0.29, 0.717) is 11.8 Å². The first-order valence-corrected chi connectivity index (χ1v) is 11.7. The molecular formula is C28H35NO. The van der Waals surface area contributed by atoms with E-state index < -0.39 is 0 Å². The summed E-state index contributed by atoms with van der Waals surface area (Å²) in [5, 5.41) is 3.32. The number of aryl methyl sites for hydroxylation is 1. The molecule has 2 nitrogen and oxygen atoms in total. The smallest absolute Gasteiger partial charge is 0.230 e. The topological polar surface area (TPSA) is 29.1 Å². The molecule has 0 aliphatic heterocycles. The van der Waals surface area contributed by atoms with E-state index >= 15 is 0 Å². The quantitative estimate of drug-likeness (QED) is 0.604. The van der Waals surface area contributed by atoms with Crippen LogP contribution in [-0.2, 0) is 15.6 Å². The fourth-order valence-corrected chi connectivity index (χ4v) is 7.09. The molecule has 30 heavy (non-hydrogen) atoms. The van der Waals surface area contributed by atoms with Gasteiger partial charge in [-0.15, -0.1) is 0 Å². The summed E-state index contributed by atoms with van der Waals surface area (Å²) in [6, 6.07) is 17.6. The number of anilines is 1. The predicted molar refractivity (Wildman–Crippen MR) is 124 cm³/mol. The van der Waals surface area contributed by atoms with Crippen LogP contribution in [0.15, 0.2) is 48.5 Å². The Bertz CT molecular complexity index is 934. The summed E-state index contributed by atoms with van der Waals surface area (Å²) in [5.41, 5.74) is 5.15. The normalized spacial score (nSPS) is 32.3. The molecule has 2 aromatic rings. The fourth-order valence-electron chi connectivity index (χ4n) is 7.09. The molecule has 1 amide bonds. The largest absolute Gasteiger partial charge is 0.326 e. The van der Waals surface area contributed by atoms with Crippen molar-refractivity contribution in [1.82, 2.24) is 0 Å². The molecule has 4 aliphatic carbocycles. The highest BCUT2D eigenvalue weighted by molar-refractivity contribution is 5.95. The Hall–Kier alpha value is -2.09. The van der Waals surface area contributed by atoms with Gasteiger partial charge in [-0.1, -0.05) is 62.7 Å². The molecule has 4 aliphatic rings. The first kappa shape index (κ1) is 19.8. The van der Waals surface area contributed by atoms with Gasteiger partial charge in [-0.3, -0.25) is 4.79 Å². The number of nitrogens with one attached hydrogen (secondary N) is 1. The first-order valence-electron chi connectivity index (χ1n) is 11.7. The van der Waals surface area contributed by atoms with Crippen molar-refractivity contribution in [3.63, 3.8) is 0 Å². The van der Waals surface area contributed by atoms with Crippen molar-refractivity contribution in [2.24, 2.45) is 17.3 Å². The van der Waals surface area contributed by atoms with Gasteiger partial charge < -0.3 is 5.32 Å². The Labute approximate surface area is 181 Å². The third-order valence-electron chi connectivity index (χ3n) is 8.22. The zero-order valence-electron chi connectivity index (χ0n) is 18.9. The maximum absolute atomic E-state index is 13.7. The number of rotatable bonds is 3. The monoisotopic (exact) mass is 401 g/mol. The van der Waals surface area contributed by atoms with Crippen molar-refractivity contribution in [3.8, 4) is 0 Å². The third-order valence-corrected chi connectivity index (χ3v) is 8.22. The van der Waals surface area contributed by atoms with Crippen LogP contribution >= 0.6 is 0 Å². The van der Waals surface area contributed by atoms with Crippen LogP contribution in [0.3, 0.4) is 0 Å². The molecular weight excluding hydrogens is 366 g/mol. The van der Waals surface area contributed by atoms with Gasteiger partial charge in [-0.25, -0.2) is 0 Å². The van der Waals surface area contributed by atoms with Crippen LogP contribution in [0.1, 0.15) is 76.0 Å². The number of amides is 1. The molecule has 2 unspecified atom stereocenters. The number of benzene rings is 2. The molecule has 4 bridgehead atoms. The van der Waals surface area contributed by atoms with Gasteiger partial charge in [-0.05, 0) is 91.4 Å². The molecule has 2 heteroatoms. The molecule has 4 saturated carbocycles. The third kappa shape index (κ3) is 3.29. The molecule has 6 rings (SSSR count). The van der Waals surface area contributed by atoms with Gasteiger partial charge in [-0.2, -0.15) is 0 Å². The van der Waals surface area contributed by atoms with Crippen molar-refractivity contribution < 1.29 is 4.79 Å². The Morgan fingerprint density at radius 3 is 2.07 bits per heavy atom. The summed E-state index contributed by atoms with van der Waals surface area (Å²) in [5.74, 6) is 1.65. The van der Waals surface area contributed by atoms with Crippen LogP contribution in [0.5, 0.6) is 0 Å². The standard InChI is InChI=1S/C28H35NO/c1-19-5-7-23(8-6-19)27-14-20-13-21(15-27)17-28(16-20,18-27)25(30)29-24-11-9-22(10-12-24)26(2,3)4/h5-12,20-21H,13-18H2,1-4H3,(H,29,30). The average molecular weight is 402 g/mol. The zero-order chi connectivity index (χ0) is 21.1. The highest BCUT2D eigenvalue weighted by atomic mass is 16.2. The minimum atomic E-state index is -0.197. The van der Waals surface area contributed by atoms with Crippen LogP contribution in [-0.4, -0.2) is 5.91 Å². The molecule has 0 spiro atoms. The molecule has 0 saturated heterocycles. The van der Waals surface area contributed by atoms with Gasteiger partial charge in [0.15, 0.2) is 0 Å². The van der Waals surface area contributed by atoms with Crippen LogP contribution in [0.25, 0.3) is 0 Å². The second-order valence-corrected chi connectivity index (χ2v) is 11.7. The van der Waals surface area contributed by atoms with Gasteiger partial charge in [0.1, 0.15) is 0 Å².